The van der Waals surface area contributed by atoms with Gasteiger partial charge in [0.15, 0.2) is 0 Å². The average molecular weight is 213 g/mol. The number of alkyl halides is 1. The van der Waals surface area contributed by atoms with Crippen LogP contribution in [0, 0.1) is 6.92 Å². The smallest absolute Gasteiger partial charge is 0.141 e. The Balaban J connectivity index is 1.94. The number of nitrogens with zero attached hydrogens (tertiary/aromatic N) is 1. The molecule has 1 aromatic rings. The summed E-state index contributed by atoms with van der Waals surface area (Å²) in [7, 11) is 1.89. The summed E-state index contributed by atoms with van der Waals surface area (Å²) >= 11 is 0. The molecule has 1 aliphatic rings. The van der Waals surface area contributed by atoms with Crippen molar-refractivity contribution < 1.29 is 13.5 Å². The Kier molecular flexibility index (Phi) is 3.07. The van der Waals surface area contributed by atoms with Crippen LogP contribution in [-0.4, -0.2) is 37.4 Å². The van der Waals surface area contributed by atoms with E-state index in [0.717, 1.165) is 11.5 Å². The maximum absolute atomic E-state index is 13.3. The quantitative estimate of drug-likeness (QED) is 0.765. The minimum atomic E-state index is -0.883. The van der Waals surface area contributed by atoms with Crippen LogP contribution in [0.1, 0.15) is 11.5 Å². The molecule has 3 nitrogen and oxygen atoms in total. The molecule has 0 aromatic carbocycles. The van der Waals surface area contributed by atoms with E-state index in [1.165, 1.54) is 0 Å². The van der Waals surface area contributed by atoms with Gasteiger partial charge in [0, 0.05) is 0 Å². The van der Waals surface area contributed by atoms with Crippen LogP contribution in [0.2, 0.25) is 0 Å². The summed E-state index contributed by atoms with van der Waals surface area (Å²) in [6, 6.07) is 3.70. The summed E-state index contributed by atoms with van der Waals surface area (Å²) in [6.45, 7) is 3.21. The van der Waals surface area contributed by atoms with Gasteiger partial charge in [-0.1, -0.05) is 0 Å². The van der Waals surface area contributed by atoms with Crippen molar-refractivity contribution in [3.05, 3.63) is 23.7 Å². The van der Waals surface area contributed by atoms with Crippen molar-refractivity contribution >= 4 is 0 Å². The lowest BCUT2D eigenvalue weighted by atomic mass is 10.2. The van der Waals surface area contributed by atoms with Gasteiger partial charge in [-0.05, 0) is 26.1 Å². The van der Waals surface area contributed by atoms with Crippen LogP contribution in [0.25, 0.3) is 0 Å². The standard InChI is InChI=1S/C11H16FNO2/c1-8-3-4-9(15-8)5-13(2)11-7-14-6-10(11)12/h3-4,10-11H,5-7H2,1-2H3. The Morgan fingerprint density at radius 1 is 1.47 bits per heavy atom. The topological polar surface area (TPSA) is 25.6 Å². The zero-order valence-corrected chi connectivity index (χ0v) is 9.07. The van der Waals surface area contributed by atoms with Crippen LogP contribution in [0.3, 0.4) is 0 Å². The van der Waals surface area contributed by atoms with Crippen molar-refractivity contribution in [1.82, 2.24) is 4.90 Å². The van der Waals surface area contributed by atoms with Crippen molar-refractivity contribution in [3.8, 4) is 0 Å². The number of aryl methyl sites for hydroxylation is 1. The van der Waals surface area contributed by atoms with E-state index in [2.05, 4.69) is 0 Å². The van der Waals surface area contributed by atoms with Crippen molar-refractivity contribution in [1.29, 1.82) is 0 Å². The molecule has 84 valence electrons. The maximum Gasteiger partial charge on any atom is 0.141 e. The second-order valence-corrected chi connectivity index (χ2v) is 4.05. The molecule has 1 aromatic heterocycles. The lowest BCUT2D eigenvalue weighted by Gasteiger charge is -2.23. The first-order chi connectivity index (χ1) is 7.16. The normalized spacial score (nSPS) is 26.4. The molecule has 0 amide bonds. The third-order valence-corrected chi connectivity index (χ3v) is 2.75. The molecule has 1 saturated heterocycles. The summed E-state index contributed by atoms with van der Waals surface area (Å²) in [5.74, 6) is 1.76. The van der Waals surface area contributed by atoms with Gasteiger partial charge in [-0.2, -0.15) is 0 Å². The predicted octanol–water partition coefficient (Wildman–Crippen LogP) is 1.76. The molecule has 1 fully saturated rings. The van der Waals surface area contributed by atoms with Crippen LogP contribution >= 0.6 is 0 Å². The van der Waals surface area contributed by atoms with Crippen molar-refractivity contribution in [2.75, 3.05) is 20.3 Å². The van der Waals surface area contributed by atoms with Crippen LogP contribution in [-0.2, 0) is 11.3 Å². The number of hydrogen-bond donors (Lipinski definition) is 0. The van der Waals surface area contributed by atoms with Gasteiger partial charge in [-0.3, -0.25) is 4.90 Å². The van der Waals surface area contributed by atoms with Crippen molar-refractivity contribution in [3.63, 3.8) is 0 Å². The highest BCUT2D eigenvalue weighted by Gasteiger charge is 2.31. The van der Waals surface area contributed by atoms with Crippen molar-refractivity contribution in [2.45, 2.75) is 25.7 Å². The number of furan rings is 1. The molecule has 0 aliphatic carbocycles. The van der Waals surface area contributed by atoms with Gasteiger partial charge >= 0.3 is 0 Å². The number of hydrogen-bond acceptors (Lipinski definition) is 3. The van der Waals surface area contributed by atoms with Gasteiger partial charge in [0.2, 0.25) is 0 Å². The molecule has 0 radical (unpaired) electrons. The van der Waals surface area contributed by atoms with E-state index in [-0.39, 0.29) is 12.6 Å². The van der Waals surface area contributed by atoms with E-state index in [4.69, 9.17) is 9.15 Å². The van der Waals surface area contributed by atoms with E-state index < -0.39 is 6.17 Å². The van der Waals surface area contributed by atoms with E-state index in [0.29, 0.717) is 13.2 Å². The monoisotopic (exact) mass is 213 g/mol. The zero-order chi connectivity index (χ0) is 10.8. The average Bonchev–Trinajstić information content (AvgIpc) is 2.75. The molecule has 1 aliphatic heterocycles. The fraction of sp³-hybridized carbons (Fsp3) is 0.636. The van der Waals surface area contributed by atoms with Gasteiger partial charge < -0.3 is 9.15 Å². The van der Waals surface area contributed by atoms with E-state index in [1.807, 2.05) is 31.0 Å². The van der Waals surface area contributed by atoms with Crippen LogP contribution in [0.15, 0.2) is 16.5 Å². The summed E-state index contributed by atoms with van der Waals surface area (Å²) in [4.78, 5) is 1.94. The number of rotatable bonds is 3. The van der Waals surface area contributed by atoms with Crippen molar-refractivity contribution in [2.24, 2.45) is 0 Å². The molecule has 0 N–H and O–H groups in total. The highest BCUT2D eigenvalue weighted by Crippen LogP contribution is 2.18. The molecular weight excluding hydrogens is 197 g/mol. The molecule has 0 spiro atoms. The molecule has 2 atom stereocenters. The van der Waals surface area contributed by atoms with Gasteiger partial charge in [0.25, 0.3) is 0 Å². The Morgan fingerprint density at radius 3 is 2.80 bits per heavy atom. The third kappa shape index (κ3) is 2.38. The minimum Gasteiger partial charge on any atom is -0.465 e. The largest absolute Gasteiger partial charge is 0.465 e. The first-order valence-electron chi connectivity index (χ1n) is 5.14. The second kappa shape index (κ2) is 4.33. The van der Waals surface area contributed by atoms with Crippen LogP contribution in [0.4, 0.5) is 4.39 Å². The number of ether oxygens (including phenoxy) is 1. The van der Waals surface area contributed by atoms with E-state index in [1.54, 1.807) is 0 Å². The molecule has 2 heterocycles. The molecule has 15 heavy (non-hydrogen) atoms. The number of halogens is 1. The summed E-state index contributed by atoms with van der Waals surface area (Å²) in [5.41, 5.74) is 0. The van der Waals surface area contributed by atoms with Gasteiger partial charge in [0.1, 0.15) is 17.7 Å². The minimum absolute atomic E-state index is 0.143. The predicted molar refractivity (Wildman–Crippen MR) is 54.4 cm³/mol. The van der Waals surface area contributed by atoms with Crippen LogP contribution < -0.4 is 0 Å². The highest BCUT2D eigenvalue weighted by atomic mass is 19.1. The summed E-state index contributed by atoms with van der Waals surface area (Å²) in [6.07, 6.45) is -0.883. The molecule has 0 bridgehead atoms. The zero-order valence-electron chi connectivity index (χ0n) is 9.07. The fourth-order valence-electron chi connectivity index (χ4n) is 1.85. The fourth-order valence-corrected chi connectivity index (χ4v) is 1.85. The maximum atomic E-state index is 13.3. The van der Waals surface area contributed by atoms with Crippen LogP contribution in [0.5, 0.6) is 0 Å². The molecule has 2 rings (SSSR count). The summed E-state index contributed by atoms with van der Waals surface area (Å²) < 4.78 is 23.9. The van der Waals surface area contributed by atoms with E-state index in [9.17, 15) is 4.39 Å². The Labute approximate surface area is 88.8 Å². The van der Waals surface area contributed by atoms with Gasteiger partial charge in [-0.25, -0.2) is 4.39 Å². The van der Waals surface area contributed by atoms with Gasteiger partial charge in [0.05, 0.1) is 25.8 Å². The molecule has 0 saturated carbocycles. The van der Waals surface area contributed by atoms with Gasteiger partial charge in [-0.15, -0.1) is 0 Å². The Bertz CT molecular complexity index is 326. The first kappa shape index (κ1) is 10.6. The SMILES string of the molecule is Cc1ccc(CN(C)C2COCC2F)o1. The first-order valence-corrected chi connectivity index (χ1v) is 5.14. The Morgan fingerprint density at radius 2 is 2.27 bits per heavy atom. The highest BCUT2D eigenvalue weighted by molar-refractivity contribution is 5.05. The Hall–Kier alpha value is -0.870. The third-order valence-electron chi connectivity index (χ3n) is 2.75. The lowest BCUT2D eigenvalue weighted by Crippen LogP contribution is -2.37. The second-order valence-electron chi connectivity index (χ2n) is 4.05. The number of likely N-dealkylation sites (N-methyl/N-ethyl adjacent to an activating group) is 1. The molecular formula is C11H16FNO2. The molecule has 4 heteroatoms. The lowest BCUT2D eigenvalue weighted by molar-refractivity contribution is 0.146. The molecule has 2 unspecified atom stereocenters. The summed E-state index contributed by atoms with van der Waals surface area (Å²) in [5, 5.41) is 0. The van der Waals surface area contributed by atoms with E-state index >= 15 is 0 Å².